The zero-order chi connectivity index (χ0) is 14.7. The minimum Gasteiger partial charge on any atom is -0.480 e. The predicted octanol–water partition coefficient (Wildman–Crippen LogP) is 1.97. The number of anilines is 1. The molecule has 0 aromatic heterocycles. The zero-order valence-corrected chi connectivity index (χ0v) is 11.1. The Bertz CT molecular complexity index is 552. The van der Waals surface area contributed by atoms with Crippen molar-refractivity contribution in [1.82, 2.24) is 4.90 Å². The van der Waals surface area contributed by atoms with Crippen LogP contribution in [0.3, 0.4) is 0 Å². The van der Waals surface area contributed by atoms with Gasteiger partial charge in [-0.25, -0.2) is 4.79 Å². The van der Waals surface area contributed by atoms with Crippen molar-refractivity contribution < 1.29 is 19.5 Å². The van der Waals surface area contributed by atoms with Crippen LogP contribution in [0.2, 0.25) is 0 Å². The third-order valence-electron chi connectivity index (χ3n) is 3.07. The fraction of sp³-hybridized carbons (Fsp3) is 0.357. The highest BCUT2D eigenvalue weighted by Crippen LogP contribution is 2.27. The Kier molecular flexibility index (Phi) is 4.02. The van der Waals surface area contributed by atoms with Gasteiger partial charge in [0.1, 0.15) is 6.54 Å². The van der Waals surface area contributed by atoms with Gasteiger partial charge in [-0.2, -0.15) is 0 Å². The lowest BCUT2D eigenvalue weighted by Gasteiger charge is -2.20. The summed E-state index contributed by atoms with van der Waals surface area (Å²) < 4.78 is 0. The molecule has 0 radical (unpaired) electrons. The SMILES string of the molecule is CC(=O)c1cccc(NC(=O)N(CC(=O)O)C2CC2)c1. The smallest absolute Gasteiger partial charge is 0.323 e. The number of nitrogens with zero attached hydrogens (tertiary/aromatic N) is 1. The van der Waals surface area contributed by atoms with E-state index in [1.807, 2.05) is 0 Å². The van der Waals surface area contributed by atoms with Crippen LogP contribution in [0.5, 0.6) is 0 Å². The number of rotatable bonds is 5. The standard InChI is InChI=1S/C14H16N2O4/c1-9(17)10-3-2-4-11(7-10)15-14(20)16(8-13(18)19)12-5-6-12/h2-4,7,12H,5-6,8H2,1H3,(H,15,20)(H,18,19). The van der Waals surface area contributed by atoms with E-state index in [9.17, 15) is 14.4 Å². The normalized spacial score (nSPS) is 13.7. The molecule has 0 heterocycles. The number of benzene rings is 1. The van der Waals surface area contributed by atoms with E-state index in [1.165, 1.54) is 11.8 Å². The van der Waals surface area contributed by atoms with E-state index in [-0.39, 0.29) is 18.4 Å². The molecule has 1 fully saturated rings. The van der Waals surface area contributed by atoms with Crippen LogP contribution in [-0.4, -0.2) is 40.4 Å². The maximum atomic E-state index is 12.1. The monoisotopic (exact) mass is 276 g/mol. The van der Waals surface area contributed by atoms with Crippen molar-refractivity contribution in [3.8, 4) is 0 Å². The van der Waals surface area contributed by atoms with Crippen LogP contribution in [0.15, 0.2) is 24.3 Å². The van der Waals surface area contributed by atoms with Gasteiger partial charge in [0.25, 0.3) is 0 Å². The first-order chi connectivity index (χ1) is 9.47. The number of aliphatic carboxylic acids is 1. The molecule has 0 atom stereocenters. The molecule has 0 spiro atoms. The molecule has 1 aromatic rings. The number of hydrogen-bond acceptors (Lipinski definition) is 3. The highest BCUT2D eigenvalue weighted by Gasteiger charge is 2.33. The Labute approximate surface area is 116 Å². The molecule has 1 aromatic carbocycles. The van der Waals surface area contributed by atoms with E-state index in [0.29, 0.717) is 11.3 Å². The fourth-order valence-electron chi connectivity index (χ4n) is 1.91. The van der Waals surface area contributed by atoms with Crippen molar-refractivity contribution in [3.63, 3.8) is 0 Å². The molecular formula is C14H16N2O4. The average molecular weight is 276 g/mol. The van der Waals surface area contributed by atoms with Gasteiger partial charge in [0.2, 0.25) is 0 Å². The first-order valence-corrected chi connectivity index (χ1v) is 6.38. The van der Waals surface area contributed by atoms with Gasteiger partial charge in [-0.05, 0) is 31.9 Å². The topological polar surface area (TPSA) is 86.7 Å². The van der Waals surface area contributed by atoms with Gasteiger partial charge in [0.05, 0.1) is 0 Å². The number of hydrogen-bond donors (Lipinski definition) is 2. The quantitative estimate of drug-likeness (QED) is 0.805. The summed E-state index contributed by atoms with van der Waals surface area (Å²) in [7, 11) is 0. The first kappa shape index (κ1) is 14.0. The summed E-state index contributed by atoms with van der Waals surface area (Å²) in [6.07, 6.45) is 1.66. The van der Waals surface area contributed by atoms with Crippen LogP contribution in [0.25, 0.3) is 0 Å². The third-order valence-corrected chi connectivity index (χ3v) is 3.07. The molecule has 1 saturated carbocycles. The minimum absolute atomic E-state index is 0.00193. The number of amides is 2. The highest BCUT2D eigenvalue weighted by molar-refractivity contribution is 5.97. The van der Waals surface area contributed by atoms with Crippen molar-refractivity contribution in [2.45, 2.75) is 25.8 Å². The van der Waals surface area contributed by atoms with Crippen LogP contribution >= 0.6 is 0 Å². The molecule has 2 rings (SSSR count). The predicted molar refractivity (Wildman–Crippen MR) is 72.8 cm³/mol. The number of carbonyl (C=O) groups excluding carboxylic acids is 2. The number of nitrogens with one attached hydrogen (secondary N) is 1. The zero-order valence-electron chi connectivity index (χ0n) is 11.1. The second-order valence-electron chi connectivity index (χ2n) is 4.82. The Morgan fingerprint density at radius 2 is 2.05 bits per heavy atom. The van der Waals surface area contributed by atoms with Gasteiger partial charge in [0.15, 0.2) is 5.78 Å². The fourth-order valence-corrected chi connectivity index (χ4v) is 1.91. The number of Topliss-reactive ketones (excluding diaryl/α,β-unsaturated/α-hetero) is 1. The van der Waals surface area contributed by atoms with E-state index in [2.05, 4.69) is 5.32 Å². The molecule has 2 N–H and O–H groups in total. The van der Waals surface area contributed by atoms with E-state index < -0.39 is 12.0 Å². The molecule has 0 unspecified atom stereocenters. The summed E-state index contributed by atoms with van der Waals surface area (Å²) in [5, 5.41) is 11.5. The third kappa shape index (κ3) is 3.57. The number of ketones is 1. The summed E-state index contributed by atoms with van der Waals surface area (Å²) in [6.45, 7) is 1.13. The molecule has 1 aliphatic rings. The Morgan fingerprint density at radius 1 is 1.35 bits per heavy atom. The highest BCUT2D eigenvalue weighted by atomic mass is 16.4. The maximum absolute atomic E-state index is 12.1. The van der Waals surface area contributed by atoms with Crippen molar-refractivity contribution in [2.75, 3.05) is 11.9 Å². The van der Waals surface area contributed by atoms with Crippen molar-refractivity contribution >= 4 is 23.5 Å². The Hall–Kier alpha value is -2.37. The number of urea groups is 1. The summed E-state index contributed by atoms with van der Waals surface area (Å²) in [4.78, 5) is 35.4. The molecule has 0 aliphatic heterocycles. The summed E-state index contributed by atoms with van der Waals surface area (Å²) in [6, 6.07) is 6.12. The van der Waals surface area contributed by atoms with Crippen molar-refractivity contribution in [2.24, 2.45) is 0 Å². The van der Waals surface area contributed by atoms with Gasteiger partial charge in [0, 0.05) is 17.3 Å². The van der Waals surface area contributed by atoms with Crippen LogP contribution in [0.1, 0.15) is 30.1 Å². The molecule has 0 bridgehead atoms. The van der Waals surface area contributed by atoms with Gasteiger partial charge in [-0.1, -0.05) is 12.1 Å². The Morgan fingerprint density at radius 3 is 2.60 bits per heavy atom. The average Bonchev–Trinajstić information content (AvgIpc) is 3.20. The summed E-state index contributed by atoms with van der Waals surface area (Å²) in [5.74, 6) is -1.13. The summed E-state index contributed by atoms with van der Waals surface area (Å²) in [5.41, 5.74) is 0.984. The number of carbonyl (C=O) groups is 3. The van der Waals surface area contributed by atoms with Crippen LogP contribution in [0.4, 0.5) is 10.5 Å². The number of carboxylic acid groups (broad SMARTS) is 1. The molecule has 6 heteroatoms. The van der Waals surface area contributed by atoms with Crippen LogP contribution in [-0.2, 0) is 4.79 Å². The van der Waals surface area contributed by atoms with E-state index >= 15 is 0 Å². The molecular weight excluding hydrogens is 260 g/mol. The second-order valence-corrected chi connectivity index (χ2v) is 4.82. The molecule has 1 aliphatic carbocycles. The lowest BCUT2D eigenvalue weighted by Crippen LogP contribution is -2.40. The van der Waals surface area contributed by atoms with Crippen molar-refractivity contribution in [3.05, 3.63) is 29.8 Å². The van der Waals surface area contributed by atoms with E-state index in [0.717, 1.165) is 12.8 Å². The summed E-state index contributed by atoms with van der Waals surface area (Å²) >= 11 is 0. The van der Waals surface area contributed by atoms with E-state index in [4.69, 9.17) is 5.11 Å². The van der Waals surface area contributed by atoms with Crippen LogP contribution in [0, 0.1) is 0 Å². The molecule has 2 amide bonds. The molecule has 0 saturated heterocycles. The largest absolute Gasteiger partial charge is 0.480 e. The van der Waals surface area contributed by atoms with Crippen LogP contribution < -0.4 is 5.32 Å². The Balaban J connectivity index is 2.07. The van der Waals surface area contributed by atoms with Gasteiger partial charge in [-0.3, -0.25) is 9.59 Å². The van der Waals surface area contributed by atoms with Gasteiger partial charge in [-0.15, -0.1) is 0 Å². The molecule has 106 valence electrons. The minimum atomic E-state index is -1.04. The molecule has 20 heavy (non-hydrogen) atoms. The lowest BCUT2D eigenvalue weighted by molar-refractivity contribution is -0.137. The first-order valence-electron chi connectivity index (χ1n) is 6.38. The van der Waals surface area contributed by atoms with Gasteiger partial charge < -0.3 is 15.3 Å². The van der Waals surface area contributed by atoms with Gasteiger partial charge >= 0.3 is 12.0 Å². The second kappa shape index (κ2) is 5.73. The maximum Gasteiger partial charge on any atom is 0.323 e. The number of carboxylic acids is 1. The lowest BCUT2D eigenvalue weighted by atomic mass is 10.1. The van der Waals surface area contributed by atoms with E-state index in [1.54, 1.807) is 24.3 Å². The molecule has 6 nitrogen and oxygen atoms in total. The van der Waals surface area contributed by atoms with Crippen molar-refractivity contribution in [1.29, 1.82) is 0 Å².